The third-order valence-electron chi connectivity index (χ3n) is 6.24. The molecule has 5 rings (SSSR count). The number of halogens is 3. The summed E-state index contributed by atoms with van der Waals surface area (Å²) in [4.78, 5) is 29.1. The zero-order valence-corrected chi connectivity index (χ0v) is 17.1. The van der Waals surface area contributed by atoms with Gasteiger partial charge in [-0.1, -0.05) is 6.07 Å². The number of aromatic nitrogens is 2. The Hall–Kier alpha value is -2.81. The Morgan fingerprint density at radius 2 is 1.90 bits per heavy atom. The van der Waals surface area contributed by atoms with Gasteiger partial charge in [-0.25, -0.2) is 9.97 Å². The summed E-state index contributed by atoms with van der Waals surface area (Å²) >= 11 is 0. The molecule has 3 aliphatic heterocycles. The summed E-state index contributed by atoms with van der Waals surface area (Å²) in [6.45, 7) is 2.50. The predicted octanol–water partition coefficient (Wildman–Crippen LogP) is 2.66. The molecule has 31 heavy (non-hydrogen) atoms. The molecule has 6 nitrogen and oxygen atoms in total. The Labute approximate surface area is 177 Å². The molecule has 1 aromatic heterocycles. The number of carbonyl (C=O) groups excluding carboxylic acids is 1. The molecule has 3 aliphatic rings. The molecule has 1 atom stereocenters. The van der Waals surface area contributed by atoms with E-state index in [9.17, 15) is 18.0 Å². The molecule has 162 valence electrons. The SMILES string of the molecule is Cc1ncc(C2=NCc3cc4c(cc32)CN([C@@H]2CCN(CC(F)(F)F)C2)C(=O)C4)cn1. The Balaban J connectivity index is 1.37. The van der Waals surface area contributed by atoms with Crippen molar-refractivity contribution in [2.24, 2.45) is 4.99 Å². The van der Waals surface area contributed by atoms with Gasteiger partial charge in [-0.15, -0.1) is 0 Å². The van der Waals surface area contributed by atoms with E-state index in [1.807, 2.05) is 6.92 Å². The second-order valence-electron chi connectivity index (χ2n) is 8.45. The van der Waals surface area contributed by atoms with Crippen LogP contribution in [0.5, 0.6) is 0 Å². The monoisotopic (exact) mass is 429 g/mol. The third-order valence-corrected chi connectivity index (χ3v) is 6.24. The lowest BCUT2D eigenvalue weighted by Gasteiger charge is -2.34. The van der Waals surface area contributed by atoms with Crippen LogP contribution in [-0.4, -0.2) is 63.2 Å². The normalized spacial score (nSPS) is 21.3. The van der Waals surface area contributed by atoms with Gasteiger partial charge < -0.3 is 4.90 Å². The fourth-order valence-electron chi connectivity index (χ4n) is 4.75. The Morgan fingerprint density at radius 1 is 1.13 bits per heavy atom. The Morgan fingerprint density at radius 3 is 2.65 bits per heavy atom. The van der Waals surface area contributed by atoms with Gasteiger partial charge in [0.1, 0.15) is 5.82 Å². The van der Waals surface area contributed by atoms with E-state index in [0.29, 0.717) is 31.9 Å². The number of nitrogens with zero attached hydrogens (tertiary/aromatic N) is 5. The maximum absolute atomic E-state index is 12.8. The van der Waals surface area contributed by atoms with E-state index in [0.717, 1.165) is 33.5 Å². The van der Waals surface area contributed by atoms with Crippen molar-refractivity contribution >= 4 is 11.6 Å². The summed E-state index contributed by atoms with van der Waals surface area (Å²) < 4.78 is 38.2. The van der Waals surface area contributed by atoms with Gasteiger partial charge in [0.25, 0.3) is 0 Å². The van der Waals surface area contributed by atoms with E-state index in [1.165, 1.54) is 4.90 Å². The van der Waals surface area contributed by atoms with Crippen molar-refractivity contribution in [2.75, 3.05) is 19.6 Å². The number of hydrogen-bond donors (Lipinski definition) is 0. The van der Waals surface area contributed by atoms with E-state index in [4.69, 9.17) is 0 Å². The molecule has 4 heterocycles. The Kier molecular flexibility index (Phi) is 4.80. The fourth-order valence-corrected chi connectivity index (χ4v) is 4.75. The van der Waals surface area contributed by atoms with E-state index < -0.39 is 12.7 Å². The van der Waals surface area contributed by atoms with Gasteiger partial charge in [-0.2, -0.15) is 13.2 Å². The largest absolute Gasteiger partial charge is 0.401 e. The maximum Gasteiger partial charge on any atom is 0.401 e. The molecule has 2 aromatic rings. The number of likely N-dealkylation sites (tertiary alicyclic amines) is 1. The minimum Gasteiger partial charge on any atom is -0.334 e. The summed E-state index contributed by atoms with van der Waals surface area (Å²) in [5, 5.41) is 0. The number of aliphatic imine (C=N–C) groups is 1. The highest BCUT2D eigenvalue weighted by Crippen LogP contribution is 2.32. The van der Waals surface area contributed by atoms with Crippen molar-refractivity contribution in [2.45, 2.75) is 45.1 Å². The van der Waals surface area contributed by atoms with Gasteiger partial charge in [-0.3, -0.25) is 14.7 Å². The summed E-state index contributed by atoms with van der Waals surface area (Å²) in [5.41, 5.74) is 5.82. The van der Waals surface area contributed by atoms with Crippen molar-refractivity contribution in [1.29, 1.82) is 0 Å². The van der Waals surface area contributed by atoms with Crippen LogP contribution in [0.1, 0.15) is 40.1 Å². The molecule has 0 N–H and O–H groups in total. The van der Waals surface area contributed by atoms with Crippen LogP contribution in [0.25, 0.3) is 0 Å². The van der Waals surface area contributed by atoms with Gasteiger partial charge in [-0.05, 0) is 36.1 Å². The number of benzene rings is 1. The van der Waals surface area contributed by atoms with Crippen molar-refractivity contribution < 1.29 is 18.0 Å². The molecule has 9 heteroatoms. The average molecular weight is 429 g/mol. The first-order chi connectivity index (χ1) is 14.8. The first-order valence-electron chi connectivity index (χ1n) is 10.3. The molecule has 0 radical (unpaired) electrons. The summed E-state index contributed by atoms with van der Waals surface area (Å²) in [6.07, 6.45) is 0.152. The molecule has 0 aliphatic carbocycles. The van der Waals surface area contributed by atoms with E-state index in [1.54, 1.807) is 17.3 Å². The highest BCUT2D eigenvalue weighted by Gasteiger charge is 2.38. The second-order valence-corrected chi connectivity index (χ2v) is 8.45. The molecular weight excluding hydrogens is 407 g/mol. The van der Waals surface area contributed by atoms with Crippen LogP contribution in [0.3, 0.4) is 0 Å². The van der Waals surface area contributed by atoms with Crippen LogP contribution in [0.2, 0.25) is 0 Å². The van der Waals surface area contributed by atoms with Crippen LogP contribution in [0.4, 0.5) is 13.2 Å². The zero-order chi connectivity index (χ0) is 21.8. The van der Waals surface area contributed by atoms with Crippen molar-refractivity contribution in [3.8, 4) is 0 Å². The number of alkyl halides is 3. The minimum absolute atomic E-state index is 0.0163. The first kappa shape index (κ1) is 20.1. The van der Waals surface area contributed by atoms with Crippen molar-refractivity contribution in [1.82, 2.24) is 19.8 Å². The van der Waals surface area contributed by atoms with Crippen LogP contribution >= 0.6 is 0 Å². The van der Waals surface area contributed by atoms with E-state index in [-0.39, 0.29) is 24.9 Å². The molecule has 1 aromatic carbocycles. The maximum atomic E-state index is 12.8. The van der Waals surface area contributed by atoms with Crippen LogP contribution in [0, 0.1) is 6.92 Å². The van der Waals surface area contributed by atoms with E-state index >= 15 is 0 Å². The average Bonchev–Trinajstić information content (AvgIpc) is 3.32. The predicted molar refractivity (Wildman–Crippen MR) is 108 cm³/mol. The molecule has 1 fully saturated rings. The third kappa shape index (κ3) is 3.94. The standard InChI is InChI=1S/C22H22F3N5O/c1-13-26-8-17(9-27-13)21-19-5-16-10-30(18-2-3-29(11-18)12-22(23,24)25)20(31)6-14(16)4-15(19)7-28-21/h4-5,8-9,18H,2-3,6-7,10-12H2,1H3/t18-/m1/s1. The smallest absolute Gasteiger partial charge is 0.334 e. The lowest BCUT2D eigenvalue weighted by molar-refractivity contribution is -0.144. The summed E-state index contributed by atoms with van der Waals surface area (Å²) in [6, 6.07) is 3.95. The van der Waals surface area contributed by atoms with Gasteiger partial charge in [0.2, 0.25) is 5.91 Å². The van der Waals surface area contributed by atoms with Crippen LogP contribution in [0.15, 0.2) is 29.5 Å². The van der Waals surface area contributed by atoms with Gasteiger partial charge >= 0.3 is 6.18 Å². The highest BCUT2D eigenvalue weighted by atomic mass is 19.4. The van der Waals surface area contributed by atoms with Gasteiger partial charge in [0.15, 0.2) is 0 Å². The number of fused-ring (bicyclic) bond motifs is 2. The number of carbonyl (C=O) groups is 1. The van der Waals surface area contributed by atoms with Gasteiger partial charge in [0, 0.05) is 49.2 Å². The molecular formula is C22H22F3N5O. The molecule has 1 amide bonds. The number of rotatable bonds is 3. The second kappa shape index (κ2) is 7.40. The van der Waals surface area contributed by atoms with Crippen molar-refractivity contribution in [3.05, 3.63) is 58.2 Å². The van der Waals surface area contributed by atoms with Crippen molar-refractivity contribution in [3.63, 3.8) is 0 Å². The molecule has 1 saturated heterocycles. The number of amides is 1. The quantitative estimate of drug-likeness (QED) is 0.753. The lowest BCUT2D eigenvalue weighted by atomic mass is 9.91. The molecule has 0 unspecified atom stereocenters. The summed E-state index contributed by atoms with van der Waals surface area (Å²) in [7, 11) is 0. The van der Waals surface area contributed by atoms with E-state index in [2.05, 4.69) is 27.1 Å². The molecule has 0 saturated carbocycles. The summed E-state index contributed by atoms with van der Waals surface area (Å²) in [5.74, 6) is 0.677. The zero-order valence-electron chi connectivity index (χ0n) is 17.1. The van der Waals surface area contributed by atoms with Crippen LogP contribution < -0.4 is 0 Å². The topological polar surface area (TPSA) is 61.7 Å². The minimum atomic E-state index is -4.22. The highest BCUT2D eigenvalue weighted by molar-refractivity contribution is 6.15. The Bertz CT molecular complexity index is 1060. The molecule has 0 spiro atoms. The molecule has 0 bridgehead atoms. The number of hydrogen-bond acceptors (Lipinski definition) is 5. The van der Waals surface area contributed by atoms with Crippen LogP contribution in [-0.2, 0) is 24.3 Å². The fraction of sp³-hybridized carbons (Fsp3) is 0.455. The number of aryl methyl sites for hydroxylation is 1. The van der Waals surface area contributed by atoms with Gasteiger partial charge in [0.05, 0.1) is 25.2 Å². The first-order valence-corrected chi connectivity index (χ1v) is 10.3. The lowest BCUT2D eigenvalue weighted by Crippen LogP contribution is -2.45.